The minimum Gasteiger partial charge on any atom is -0.393 e. The number of aliphatic hydroxyl groups is 1. The van der Waals surface area contributed by atoms with Crippen LogP contribution in [0.25, 0.3) is 0 Å². The summed E-state index contributed by atoms with van der Waals surface area (Å²) in [4.78, 5) is 0. The molecule has 90 valence electrons. The predicted octanol–water partition coefficient (Wildman–Crippen LogP) is 3.55. The van der Waals surface area contributed by atoms with Crippen LogP contribution >= 0.6 is 0 Å². The Bertz CT molecular complexity index is 313. The molecule has 2 unspecified atom stereocenters. The van der Waals surface area contributed by atoms with Gasteiger partial charge in [-0.15, -0.1) is 0 Å². The Hall–Kier alpha value is -0.560. The monoisotopic (exact) mass is 220 g/mol. The molecular formula is C15H24O. The number of allylic oxidation sites excluding steroid dienone is 3. The summed E-state index contributed by atoms with van der Waals surface area (Å²) in [6.07, 6.45) is 5.33. The van der Waals surface area contributed by atoms with Gasteiger partial charge in [-0.25, -0.2) is 0 Å². The fraction of sp³-hybridized carbons (Fsp3) is 0.733. The van der Waals surface area contributed by atoms with E-state index in [1.807, 2.05) is 0 Å². The molecule has 2 aliphatic carbocycles. The molecule has 0 saturated heterocycles. The van der Waals surface area contributed by atoms with E-state index in [4.69, 9.17) is 0 Å². The van der Waals surface area contributed by atoms with Crippen molar-refractivity contribution in [3.8, 4) is 0 Å². The average molecular weight is 220 g/mol. The molecule has 0 bridgehead atoms. The standard InChI is InChI=1S/C15H24O/c1-9(2)12-7-11(4)15-13(8-12)10(3)5-6-14(15)16/h7,9,11,13-16H,3,5-6,8H2,1-2,4H3/t11-,13?,14+,15?/m0/s1. The van der Waals surface area contributed by atoms with Crippen LogP contribution < -0.4 is 0 Å². The highest BCUT2D eigenvalue weighted by Gasteiger charge is 2.40. The van der Waals surface area contributed by atoms with Gasteiger partial charge in [-0.05, 0) is 42.9 Å². The third-order valence-corrected chi connectivity index (χ3v) is 4.48. The molecule has 1 nitrogen and oxygen atoms in total. The third kappa shape index (κ3) is 1.98. The van der Waals surface area contributed by atoms with Crippen molar-refractivity contribution in [1.82, 2.24) is 0 Å². The Kier molecular flexibility index (Phi) is 3.25. The molecule has 1 saturated carbocycles. The van der Waals surface area contributed by atoms with Gasteiger partial charge in [0.1, 0.15) is 0 Å². The van der Waals surface area contributed by atoms with E-state index in [1.54, 1.807) is 5.57 Å². The zero-order valence-electron chi connectivity index (χ0n) is 10.7. The molecule has 0 amide bonds. The summed E-state index contributed by atoms with van der Waals surface area (Å²) in [6.45, 7) is 11.0. The van der Waals surface area contributed by atoms with Crippen LogP contribution in [0.2, 0.25) is 0 Å². The minimum absolute atomic E-state index is 0.115. The first-order chi connectivity index (χ1) is 7.50. The molecule has 16 heavy (non-hydrogen) atoms. The van der Waals surface area contributed by atoms with Gasteiger partial charge in [-0.2, -0.15) is 0 Å². The molecule has 4 atom stereocenters. The van der Waals surface area contributed by atoms with Gasteiger partial charge in [0.05, 0.1) is 6.10 Å². The van der Waals surface area contributed by atoms with Crippen molar-refractivity contribution in [1.29, 1.82) is 0 Å². The van der Waals surface area contributed by atoms with Crippen LogP contribution in [0.5, 0.6) is 0 Å². The molecule has 1 heteroatoms. The van der Waals surface area contributed by atoms with Crippen LogP contribution in [0.15, 0.2) is 23.8 Å². The summed E-state index contributed by atoms with van der Waals surface area (Å²) in [5, 5.41) is 10.1. The summed E-state index contributed by atoms with van der Waals surface area (Å²) in [5.41, 5.74) is 2.93. The van der Waals surface area contributed by atoms with Crippen LogP contribution in [0.4, 0.5) is 0 Å². The van der Waals surface area contributed by atoms with E-state index in [2.05, 4.69) is 33.4 Å². The second kappa shape index (κ2) is 4.37. The number of aliphatic hydroxyl groups excluding tert-OH is 1. The Morgan fingerprint density at radius 1 is 1.44 bits per heavy atom. The second-order valence-corrected chi connectivity index (χ2v) is 5.91. The van der Waals surface area contributed by atoms with E-state index in [9.17, 15) is 5.11 Å². The van der Waals surface area contributed by atoms with Gasteiger partial charge >= 0.3 is 0 Å². The Labute approximate surface area is 99.3 Å². The molecular weight excluding hydrogens is 196 g/mol. The molecule has 1 N–H and O–H groups in total. The molecule has 0 aromatic rings. The average Bonchev–Trinajstić information content (AvgIpc) is 2.22. The first-order valence-electron chi connectivity index (χ1n) is 6.57. The summed E-state index contributed by atoms with van der Waals surface area (Å²) in [5.74, 6) is 2.09. The number of rotatable bonds is 1. The molecule has 0 heterocycles. The fourth-order valence-electron chi connectivity index (χ4n) is 3.45. The van der Waals surface area contributed by atoms with Crippen molar-refractivity contribution in [2.24, 2.45) is 23.7 Å². The number of hydrogen-bond acceptors (Lipinski definition) is 1. The SMILES string of the molecule is C=C1CC[C@@H](O)C2C1CC(C(C)C)=C[C@@H]2C. The fourth-order valence-corrected chi connectivity index (χ4v) is 3.45. The van der Waals surface area contributed by atoms with Crippen molar-refractivity contribution in [3.05, 3.63) is 23.8 Å². The highest BCUT2D eigenvalue weighted by Crippen LogP contribution is 2.46. The highest BCUT2D eigenvalue weighted by molar-refractivity contribution is 5.22. The van der Waals surface area contributed by atoms with Gasteiger partial charge in [-0.3, -0.25) is 0 Å². The van der Waals surface area contributed by atoms with Crippen LogP contribution in [-0.4, -0.2) is 11.2 Å². The van der Waals surface area contributed by atoms with Gasteiger partial charge in [0.25, 0.3) is 0 Å². The van der Waals surface area contributed by atoms with E-state index in [-0.39, 0.29) is 6.10 Å². The summed E-state index contributed by atoms with van der Waals surface area (Å²) < 4.78 is 0. The first-order valence-corrected chi connectivity index (χ1v) is 6.57. The summed E-state index contributed by atoms with van der Waals surface area (Å²) in [6, 6.07) is 0. The van der Waals surface area contributed by atoms with Gasteiger partial charge < -0.3 is 5.11 Å². The van der Waals surface area contributed by atoms with E-state index in [1.165, 1.54) is 5.57 Å². The second-order valence-electron chi connectivity index (χ2n) is 5.91. The van der Waals surface area contributed by atoms with E-state index in [0.29, 0.717) is 23.7 Å². The lowest BCUT2D eigenvalue weighted by Crippen LogP contribution is -2.40. The van der Waals surface area contributed by atoms with Crippen molar-refractivity contribution in [2.45, 2.75) is 46.1 Å². The third-order valence-electron chi connectivity index (χ3n) is 4.48. The topological polar surface area (TPSA) is 20.2 Å². The predicted molar refractivity (Wildman–Crippen MR) is 68.1 cm³/mol. The van der Waals surface area contributed by atoms with Crippen LogP contribution in [0.1, 0.15) is 40.0 Å². The lowest BCUT2D eigenvalue weighted by molar-refractivity contribution is 0.0300. The van der Waals surface area contributed by atoms with Gasteiger partial charge in [0.2, 0.25) is 0 Å². The maximum Gasteiger partial charge on any atom is 0.0582 e. The molecule has 0 spiro atoms. The smallest absolute Gasteiger partial charge is 0.0582 e. The summed E-state index contributed by atoms with van der Waals surface area (Å²) >= 11 is 0. The van der Waals surface area contributed by atoms with Gasteiger partial charge in [0, 0.05) is 0 Å². The molecule has 0 radical (unpaired) electrons. The number of hydrogen-bond donors (Lipinski definition) is 1. The summed E-state index contributed by atoms with van der Waals surface area (Å²) in [7, 11) is 0. The molecule has 0 aliphatic heterocycles. The lowest BCUT2D eigenvalue weighted by Gasteiger charge is -2.44. The van der Waals surface area contributed by atoms with E-state index >= 15 is 0 Å². The Morgan fingerprint density at radius 2 is 2.12 bits per heavy atom. The highest BCUT2D eigenvalue weighted by atomic mass is 16.3. The van der Waals surface area contributed by atoms with Crippen LogP contribution in [-0.2, 0) is 0 Å². The maximum absolute atomic E-state index is 10.1. The van der Waals surface area contributed by atoms with Crippen LogP contribution in [0, 0.1) is 23.7 Å². The molecule has 2 rings (SSSR count). The van der Waals surface area contributed by atoms with Crippen molar-refractivity contribution in [3.63, 3.8) is 0 Å². The maximum atomic E-state index is 10.1. The lowest BCUT2D eigenvalue weighted by atomic mass is 9.63. The van der Waals surface area contributed by atoms with E-state index in [0.717, 1.165) is 19.3 Å². The quantitative estimate of drug-likeness (QED) is 0.670. The normalized spacial score (nSPS) is 39.6. The Morgan fingerprint density at radius 3 is 2.75 bits per heavy atom. The zero-order valence-corrected chi connectivity index (χ0v) is 10.7. The van der Waals surface area contributed by atoms with Gasteiger partial charge in [0.15, 0.2) is 0 Å². The van der Waals surface area contributed by atoms with Crippen LogP contribution in [0.3, 0.4) is 0 Å². The van der Waals surface area contributed by atoms with Crippen molar-refractivity contribution in [2.75, 3.05) is 0 Å². The molecule has 2 aliphatic rings. The van der Waals surface area contributed by atoms with Crippen molar-refractivity contribution < 1.29 is 5.11 Å². The minimum atomic E-state index is -0.115. The largest absolute Gasteiger partial charge is 0.393 e. The number of fused-ring (bicyclic) bond motifs is 1. The molecule has 0 aromatic heterocycles. The Balaban J connectivity index is 2.27. The first kappa shape index (κ1) is 11.9. The zero-order chi connectivity index (χ0) is 11.9. The van der Waals surface area contributed by atoms with E-state index < -0.39 is 0 Å². The van der Waals surface area contributed by atoms with Gasteiger partial charge in [-0.1, -0.05) is 44.6 Å². The van der Waals surface area contributed by atoms with Crippen molar-refractivity contribution >= 4 is 0 Å². The molecule has 0 aromatic carbocycles. The molecule has 1 fully saturated rings.